The van der Waals surface area contributed by atoms with Gasteiger partial charge in [0.1, 0.15) is 11.6 Å². The summed E-state index contributed by atoms with van der Waals surface area (Å²) in [6, 6.07) is 15.8. The van der Waals surface area contributed by atoms with Crippen LogP contribution in [0.3, 0.4) is 0 Å². The summed E-state index contributed by atoms with van der Waals surface area (Å²) < 4.78 is 27.8. The van der Waals surface area contributed by atoms with Crippen molar-refractivity contribution in [2.45, 2.75) is 12.3 Å². The Morgan fingerprint density at radius 2 is 1.57 bits per heavy atom. The monoisotopic (exact) mass is 302 g/mol. The fraction of sp³-hybridized carbons (Fsp3) is 0.111. The summed E-state index contributed by atoms with van der Waals surface area (Å²) in [5.74, 6) is -0.931. The second-order valence-corrected chi connectivity index (χ2v) is 5.49. The largest absolute Gasteiger partial charge is 0.207 e. The van der Waals surface area contributed by atoms with Gasteiger partial charge in [-0.2, -0.15) is 0 Å². The van der Waals surface area contributed by atoms with E-state index in [0.717, 1.165) is 16.3 Å². The summed E-state index contributed by atoms with van der Waals surface area (Å²) in [5, 5.41) is 1.24. The molecule has 0 aromatic heterocycles. The summed E-state index contributed by atoms with van der Waals surface area (Å²) in [6.45, 7) is 1.53. The van der Waals surface area contributed by atoms with Crippen LogP contribution in [-0.4, -0.2) is 0 Å². The Morgan fingerprint density at radius 3 is 2.38 bits per heavy atom. The molecule has 0 radical (unpaired) electrons. The molecule has 106 valence electrons. The molecule has 0 bridgehead atoms. The zero-order chi connectivity index (χ0) is 15.0. The number of aryl methyl sites for hydroxylation is 1. The maximum Gasteiger partial charge on any atom is 0.128 e. The molecule has 3 rings (SSSR count). The Hall–Kier alpha value is -1.93. The minimum Gasteiger partial charge on any atom is -0.207 e. The number of hydrogen-bond donors (Lipinski definition) is 0. The molecule has 0 amide bonds. The molecule has 0 aliphatic rings. The SMILES string of the molecule is Cc1cc(F)c(C(Cl)c2cccc3ccccc23)cc1F. The fourth-order valence-electron chi connectivity index (χ4n) is 2.49. The van der Waals surface area contributed by atoms with E-state index in [4.69, 9.17) is 11.6 Å². The van der Waals surface area contributed by atoms with E-state index in [-0.39, 0.29) is 11.1 Å². The lowest BCUT2D eigenvalue weighted by atomic mass is 9.97. The van der Waals surface area contributed by atoms with Crippen LogP contribution in [0.2, 0.25) is 0 Å². The van der Waals surface area contributed by atoms with E-state index < -0.39 is 17.0 Å². The Morgan fingerprint density at radius 1 is 0.857 bits per heavy atom. The van der Waals surface area contributed by atoms with Crippen molar-refractivity contribution in [2.24, 2.45) is 0 Å². The van der Waals surface area contributed by atoms with Crippen LogP contribution in [0, 0.1) is 18.6 Å². The molecule has 0 fully saturated rings. The van der Waals surface area contributed by atoms with E-state index in [1.165, 1.54) is 19.1 Å². The zero-order valence-electron chi connectivity index (χ0n) is 11.4. The van der Waals surface area contributed by atoms with Crippen LogP contribution in [0.1, 0.15) is 22.1 Å². The summed E-state index contributed by atoms with van der Waals surface area (Å²) in [4.78, 5) is 0. The highest BCUT2D eigenvalue weighted by molar-refractivity contribution is 6.23. The van der Waals surface area contributed by atoms with Crippen molar-refractivity contribution in [3.05, 3.63) is 82.9 Å². The van der Waals surface area contributed by atoms with Crippen LogP contribution < -0.4 is 0 Å². The van der Waals surface area contributed by atoms with Crippen LogP contribution in [0.15, 0.2) is 54.6 Å². The Kier molecular flexibility index (Phi) is 3.64. The van der Waals surface area contributed by atoms with Gasteiger partial charge in [-0.3, -0.25) is 0 Å². The second-order valence-electron chi connectivity index (χ2n) is 5.05. The predicted molar refractivity (Wildman–Crippen MR) is 82.7 cm³/mol. The van der Waals surface area contributed by atoms with Crippen molar-refractivity contribution in [1.82, 2.24) is 0 Å². The molecule has 0 heterocycles. The minimum atomic E-state index is -0.730. The molecule has 0 aliphatic heterocycles. The molecule has 3 heteroatoms. The van der Waals surface area contributed by atoms with Crippen LogP contribution in [-0.2, 0) is 0 Å². The highest BCUT2D eigenvalue weighted by atomic mass is 35.5. The van der Waals surface area contributed by atoms with Gasteiger partial charge in [-0.25, -0.2) is 8.78 Å². The highest BCUT2D eigenvalue weighted by Gasteiger charge is 2.19. The van der Waals surface area contributed by atoms with E-state index in [1.54, 1.807) is 0 Å². The first-order chi connectivity index (χ1) is 10.1. The lowest BCUT2D eigenvalue weighted by Crippen LogP contribution is -2.00. The standard InChI is InChI=1S/C18H13ClF2/c1-11-9-17(21)15(10-16(11)20)18(19)14-8-4-6-12-5-2-3-7-13(12)14/h2-10,18H,1H3. The summed E-state index contributed by atoms with van der Waals surface area (Å²) in [5.41, 5.74) is 1.21. The Balaban J connectivity index is 2.17. The number of alkyl halides is 1. The molecule has 0 aliphatic carbocycles. The van der Waals surface area contributed by atoms with E-state index in [1.807, 2.05) is 42.5 Å². The van der Waals surface area contributed by atoms with Gasteiger partial charge in [-0.05, 0) is 41.0 Å². The third-order valence-electron chi connectivity index (χ3n) is 3.65. The van der Waals surface area contributed by atoms with Crippen molar-refractivity contribution >= 4 is 22.4 Å². The smallest absolute Gasteiger partial charge is 0.128 e. The number of fused-ring (bicyclic) bond motifs is 1. The normalized spacial score (nSPS) is 12.6. The highest BCUT2D eigenvalue weighted by Crippen LogP contribution is 2.35. The fourth-order valence-corrected chi connectivity index (χ4v) is 2.85. The molecule has 0 N–H and O–H groups in total. The molecule has 0 spiro atoms. The van der Waals surface area contributed by atoms with Gasteiger partial charge in [0, 0.05) is 5.56 Å². The van der Waals surface area contributed by atoms with Gasteiger partial charge >= 0.3 is 0 Å². The van der Waals surface area contributed by atoms with Crippen molar-refractivity contribution in [3.8, 4) is 0 Å². The van der Waals surface area contributed by atoms with Gasteiger partial charge in [-0.15, -0.1) is 11.6 Å². The van der Waals surface area contributed by atoms with Gasteiger partial charge < -0.3 is 0 Å². The molecule has 0 saturated heterocycles. The van der Waals surface area contributed by atoms with Gasteiger partial charge in [0.05, 0.1) is 5.38 Å². The summed E-state index contributed by atoms with van der Waals surface area (Å²) >= 11 is 6.43. The van der Waals surface area contributed by atoms with Gasteiger partial charge in [0.25, 0.3) is 0 Å². The maximum atomic E-state index is 14.1. The van der Waals surface area contributed by atoms with Gasteiger partial charge in [-0.1, -0.05) is 42.5 Å². The van der Waals surface area contributed by atoms with E-state index >= 15 is 0 Å². The van der Waals surface area contributed by atoms with Crippen LogP contribution in [0.25, 0.3) is 10.8 Å². The Bertz CT molecular complexity index is 806. The first-order valence-electron chi connectivity index (χ1n) is 6.65. The number of rotatable bonds is 2. The summed E-state index contributed by atoms with van der Waals surface area (Å²) in [6.07, 6.45) is 0. The summed E-state index contributed by atoms with van der Waals surface area (Å²) in [7, 11) is 0. The molecular formula is C18H13ClF2. The molecule has 0 nitrogen and oxygen atoms in total. The van der Waals surface area contributed by atoms with Crippen LogP contribution in [0.4, 0.5) is 8.78 Å². The predicted octanol–water partition coefficient (Wildman–Crippen LogP) is 5.75. The van der Waals surface area contributed by atoms with Crippen molar-refractivity contribution in [3.63, 3.8) is 0 Å². The average Bonchev–Trinajstić information content (AvgIpc) is 2.49. The molecule has 1 unspecified atom stereocenters. The van der Waals surface area contributed by atoms with E-state index in [0.29, 0.717) is 0 Å². The topological polar surface area (TPSA) is 0 Å². The quantitative estimate of drug-likeness (QED) is 0.528. The first-order valence-corrected chi connectivity index (χ1v) is 7.09. The first kappa shape index (κ1) is 14.0. The molecule has 0 saturated carbocycles. The number of hydrogen-bond acceptors (Lipinski definition) is 0. The van der Waals surface area contributed by atoms with E-state index in [2.05, 4.69) is 0 Å². The zero-order valence-corrected chi connectivity index (χ0v) is 12.2. The average molecular weight is 303 g/mol. The number of halogens is 3. The lowest BCUT2D eigenvalue weighted by Gasteiger charge is -2.15. The molecule has 1 atom stereocenters. The Labute approximate surface area is 127 Å². The maximum absolute atomic E-state index is 14.1. The van der Waals surface area contributed by atoms with Crippen LogP contribution in [0.5, 0.6) is 0 Å². The number of benzene rings is 3. The molecular weight excluding hydrogens is 290 g/mol. The third-order valence-corrected chi connectivity index (χ3v) is 4.12. The van der Waals surface area contributed by atoms with E-state index in [9.17, 15) is 8.78 Å². The minimum absolute atomic E-state index is 0.163. The lowest BCUT2D eigenvalue weighted by molar-refractivity contribution is 0.580. The third kappa shape index (κ3) is 2.52. The molecule has 3 aromatic rings. The van der Waals surface area contributed by atoms with Crippen molar-refractivity contribution in [2.75, 3.05) is 0 Å². The van der Waals surface area contributed by atoms with Gasteiger partial charge in [0.2, 0.25) is 0 Å². The van der Waals surface area contributed by atoms with Crippen LogP contribution >= 0.6 is 11.6 Å². The van der Waals surface area contributed by atoms with Crippen molar-refractivity contribution in [1.29, 1.82) is 0 Å². The van der Waals surface area contributed by atoms with Crippen molar-refractivity contribution < 1.29 is 8.78 Å². The van der Waals surface area contributed by atoms with Gasteiger partial charge in [0.15, 0.2) is 0 Å². The molecule has 3 aromatic carbocycles. The molecule has 21 heavy (non-hydrogen) atoms. The second kappa shape index (κ2) is 5.45.